The van der Waals surface area contributed by atoms with E-state index in [0.29, 0.717) is 0 Å². The van der Waals surface area contributed by atoms with E-state index in [0.717, 1.165) is 13.0 Å². The van der Waals surface area contributed by atoms with E-state index < -0.39 is 0 Å². The Balaban J connectivity index is 2.12. The Morgan fingerprint density at radius 3 is 2.23 bits per heavy atom. The standard InChI is InChI=1S/C11H20N2/c1-3-5-6-7-13-10-8-12(4-2)9-11-13/h4,6-11H2,1-2H3. The van der Waals surface area contributed by atoms with Crippen LogP contribution in [0.2, 0.25) is 0 Å². The van der Waals surface area contributed by atoms with Crippen LogP contribution in [0.5, 0.6) is 0 Å². The van der Waals surface area contributed by atoms with E-state index in [1.165, 1.54) is 32.7 Å². The molecule has 0 aliphatic carbocycles. The topological polar surface area (TPSA) is 6.48 Å². The highest BCUT2D eigenvalue weighted by molar-refractivity contribution is 4.95. The molecule has 74 valence electrons. The molecule has 1 aliphatic heterocycles. The summed E-state index contributed by atoms with van der Waals surface area (Å²) >= 11 is 0. The lowest BCUT2D eigenvalue weighted by atomic mass is 10.3. The van der Waals surface area contributed by atoms with Crippen molar-refractivity contribution in [2.75, 3.05) is 39.3 Å². The first kappa shape index (κ1) is 10.6. The van der Waals surface area contributed by atoms with Crippen LogP contribution in [0, 0.1) is 11.8 Å². The molecule has 1 fully saturated rings. The van der Waals surface area contributed by atoms with Gasteiger partial charge in [0.15, 0.2) is 0 Å². The minimum absolute atomic E-state index is 1.03. The van der Waals surface area contributed by atoms with E-state index in [1.54, 1.807) is 0 Å². The van der Waals surface area contributed by atoms with Gasteiger partial charge in [-0.05, 0) is 13.5 Å². The summed E-state index contributed by atoms with van der Waals surface area (Å²) in [6.07, 6.45) is 1.03. The molecule has 0 saturated carbocycles. The second-order valence-corrected chi connectivity index (χ2v) is 3.45. The average Bonchev–Trinajstić information content (AvgIpc) is 2.19. The van der Waals surface area contributed by atoms with Gasteiger partial charge in [-0.3, -0.25) is 4.90 Å². The maximum Gasteiger partial charge on any atom is 0.0216 e. The molecule has 1 saturated heterocycles. The van der Waals surface area contributed by atoms with Crippen molar-refractivity contribution in [3.05, 3.63) is 0 Å². The summed E-state index contributed by atoms with van der Waals surface area (Å²) in [4.78, 5) is 5.01. The Labute approximate surface area is 81.9 Å². The SMILES string of the molecule is CC#CCCN1CCN(CC)CC1. The number of nitrogens with zero attached hydrogens (tertiary/aromatic N) is 2. The van der Waals surface area contributed by atoms with Crippen molar-refractivity contribution in [1.82, 2.24) is 9.80 Å². The van der Waals surface area contributed by atoms with Crippen molar-refractivity contribution < 1.29 is 0 Å². The zero-order valence-electron chi connectivity index (χ0n) is 8.84. The van der Waals surface area contributed by atoms with Crippen LogP contribution in [0.15, 0.2) is 0 Å². The summed E-state index contributed by atoms with van der Waals surface area (Å²) in [7, 11) is 0. The summed E-state index contributed by atoms with van der Waals surface area (Å²) in [6, 6.07) is 0. The fourth-order valence-electron chi connectivity index (χ4n) is 1.67. The van der Waals surface area contributed by atoms with E-state index in [1.807, 2.05) is 6.92 Å². The summed E-state index contributed by atoms with van der Waals surface area (Å²) in [5, 5.41) is 0. The molecule has 0 amide bonds. The van der Waals surface area contributed by atoms with Gasteiger partial charge < -0.3 is 4.90 Å². The molecule has 2 heteroatoms. The van der Waals surface area contributed by atoms with Gasteiger partial charge in [-0.2, -0.15) is 0 Å². The van der Waals surface area contributed by atoms with Crippen molar-refractivity contribution >= 4 is 0 Å². The molecule has 0 aromatic carbocycles. The third-order valence-electron chi connectivity index (χ3n) is 2.64. The number of piperazine rings is 1. The van der Waals surface area contributed by atoms with Gasteiger partial charge in [0.05, 0.1) is 0 Å². The van der Waals surface area contributed by atoms with Gasteiger partial charge in [0.1, 0.15) is 0 Å². The molecular weight excluding hydrogens is 160 g/mol. The molecule has 0 radical (unpaired) electrons. The molecule has 1 heterocycles. The zero-order chi connectivity index (χ0) is 9.52. The molecule has 1 aliphatic rings. The van der Waals surface area contributed by atoms with E-state index >= 15 is 0 Å². The lowest BCUT2D eigenvalue weighted by molar-refractivity contribution is 0.139. The van der Waals surface area contributed by atoms with Crippen LogP contribution in [0.1, 0.15) is 20.3 Å². The molecule has 2 nitrogen and oxygen atoms in total. The molecular formula is C11H20N2. The second-order valence-electron chi connectivity index (χ2n) is 3.45. The van der Waals surface area contributed by atoms with Crippen LogP contribution in [0.4, 0.5) is 0 Å². The quantitative estimate of drug-likeness (QED) is 0.599. The lowest BCUT2D eigenvalue weighted by Gasteiger charge is -2.33. The molecule has 13 heavy (non-hydrogen) atoms. The highest BCUT2D eigenvalue weighted by Crippen LogP contribution is 2.01. The Hall–Kier alpha value is -0.520. The van der Waals surface area contributed by atoms with E-state index in [-0.39, 0.29) is 0 Å². The average molecular weight is 180 g/mol. The number of hydrogen-bond acceptors (Lipinski definition) is 2. The van der Waals surface area contributed by atoms with Gasteiger partial charge >= 0.3 is 0 Å². The molecule has 0 aromatic heterocycles. The Bertz CT molecular complexity index is 182. The number of hydrogen-bond donors (Lipinski definition) is 0. The van der Waals surface area contributed by atoms with E-state index in [2.05, 4.69) is 28.6 Å². The Morgan fingerprint density at radius 1 is 1.08 bits per heavy atom. The minimum Gasteiger partial charge on any atom is -0.301 e. The molecule has 0 unspecified atom stereocenters. The summed E-state index contributed by atoms with van der Waals surface area (Å²) in [6.45, 7) is 11.4. The molecule has 0 aromatic rings. The van der Waals surface area contributed by atoms with E-state index in [9.17, 15) is 0 Å². The highest BCUT2D eigenvalue weighted by atomic mass is 15.3. The third kappa shape index (κ3) is 3.80. The molecule has 0 spiro atoms. The van der Waals surface area contributed by atoms with Gasteiger partial charge in [-0.1, -0.05) is 6.92 Å². The Kier molecular flexibility index (Phi) is 4.88. The molecule has 1 rings (SSSR count). The fourth-order valence-corrected chi connectivity index (χ4v) is 1.67. The van der Waals surface area contributed by atoms with Gasteiger partial charge in [-0.25, -0.2) is 0 Å². The zero-order valence-corrected chi connectivity index (χ0v) is 8.84. The summed E-state index contributed by atoms with van der Waals surface area (Å²) in [5.41, 5.74) is 0. The van der Waals surface area contributed by atoms with Crippen molar-refractivity contribution in [1.29, 1.82) is 0 Å². The van der Waals surface area contributed by atoms with Crippen molar-refractivity contribution in [3.63, 3.8) is 0 Å². The van der Waals surface area contributed by atoms with Gasteiger partial charge in [0.25, 0.3) is 0 Å². The number of rotatable bonds is 3. The van der Waals surface area contributed by atoms with Gasteiger partial charge in [-0.15, -0.1) is 11.8 Å². The molecule has 0 bridgehead atoms. The Morgan fingerprint density at radius 2 is 1.69 bits per heavy atom. The minimum atomic E-state index is 1.03. The van der Waals surface area contributed by atoms with E-state index in [4.69, 9.17) is 0 Å². The van der Waals surface area contributed by atoms with Gasteiger partial charge in [0.2, 0.25) is 0 Å². The van der Waals surface area contributed by atoms with Crippen molar-refractivity contribution in [2.45, 2.75) is 20.3 Å². The normalized spacial score (nSPS) is 19.5. The largest absolute Gasteiger partial charge is 0.301 e. The maximum atomic E-state index is 3.12. The predicted molar refractivity (Wildman–Crippen MR) is 56.6 cm³/mol. The lowest BCUT2D eigenvalue weighted by Crippen LogP contribution is -2.46. The first-order valence-corrected chi connectivity index (χ1v) is 5.21. The molecule has 0 N–H and O–H groups in total. The first-order valence-electron chi connectivity index (χ1n) is 5.21. The predicted octanol–water partition coefficient (Wildman–Crippen LogP) is 1.04. The van der Waals surface area contributed by atoms with Crippen LogP contribution in [0.3, 0.4) is 0 Å². The monoisotopic (exact) mass is 180 g/mol. The van der Waals surface area contributed by atoms with Crippen molar-refractivity contribution in [2.24, 2.45) is 0 Å². The van der Waals surface area contributed by atoms with Crippen LogP contribution < -0.4 is 0 Å². The number of likely N-dealkylation sites (N-methyl/N-ethyl adjacent to an activating group) is 1. The summed E-state index contributed by atoms with van der Waals surface area (Å²) < 4.78 is 0. The fraction of sp³-hybridized carbons (Fsp3) is 0.818. The molecule has 0 atom stereocenters. The van der Waals surface area contributed by atoms with Crippen LogP contribution >= 0.6 is 0 Å². The summed E-state index contributed by atoms with van der Waals surface area (Å²) in [5.74, 6) is 6.06. The smallest absolute Gasteiger partial charge is 0.0216 e. The van der Waals surface area contributed by atoms with Crippen LogP contribution in [-0.2, 0) is 0 Å². The maximum absolute atomic E-state index is 3.12. The van der Waals surface area contributed by atoms with Crippen molar-refractivity contribution in [3.8, 4) is 11.8 Å². The first-order chi connectivity index (χ1) is 6.36. The van der Waals surface area contributed by atoms with Gasteiger partial charge in [0, 0.05) is 39.1 Å². The van der Waals surface area contributed by atoms with Crippen LogP contribution in [0.25, 0.3) is 0 Å². The second kappa shape index (κ2) is 6.01. The van der Waals surface area contributed by atoms with Crippen LogP contribution in [-0.4, -0.2) is 49.1 Å². The third-order valence-corrected chi connectivity index (χ3v) is 2.64. The highest BCUT2D eigenvalue weighted by Gasteiger charge is 2.13.